The number of nitrogens with zero attached hydrogens (tertiary/aromatic N) is 2. The van der Waals surface area contributed by atoms with Crippen LogP contribution in [0.3, 0.4) is 0 Å². The monoisotopic (exact) mass is 308 g/mol. The molecule has 4 nitrogen and oxygen atoms in total. The maximum atomic E-state index is 12.5. The summed E-state index contributed by atoms with van der Waals surface area (Å²) in [6.45, 7) is 8.24. The first kappa shape index (κ1) is 14.6. The maximum Gasteiger partial charge on any atom is 0.411 e. The lowest BCUT2D eigenvalue weighted by atomic mass is 9.89. The third-order valence-corrected chi connectivity index (χ3v) is 4.56. The van der Waals surface area contributed by atoms with Crippen LogP contribution in [0.1, 0.15) is 62.0 Å². The van der Waals surface area contributed by atoms with Gasteiger partial charge in [0.05, 0.1) is 12.6 Å². The number of carbonyl (C=O) groups excluding carboxylic acids is 1. The van der Waals surface area contributed by atoms with Crippen LogP contribution in [-0.2, 0) is 17.7 Å². The minimum Gasteiger partial charge on any atom is -0.444 e. The number of amides is 1. The van der Waals surface area contributed by atoms with Gasteiger partial charge in [-0.05, 0) is 58.1 Å². The van der Waals surface area contributed by atoms with E-state index in [4.69, 9.17) is 16.3 Å². The van der Waals surface area contributed by atoms with Crippen LogP contribution in [0.25, 0.3) is 0 Å². The van der Waals surface area contributed by atoms with Crippen molar-refractivity contribution in [1.29, 1.82) is 0 Å². The summed E-state index contributed by atoms with van der Waals surface area (Å²) < 4.78 is 5.55. The predicted octanol–water partition coefficient (Wildman–Crippen LogP) is 4.17. The molecule has 21 heavy (non-hydrogen) atoms. The molecule has 1 aliphatic carbocycles. The Balaban J connectivity index is 1.98. The van der Waals surface area contributed by atoms with Crippen LogP contribution in [0.2, 0.25) is 5.15 Å². The van der Waals surface area contributed by atoms with E-state index in [-0.39, 0.29) is 12.1 Å². The van der Waals surface area contributed by atoms with Gasteiger partial charge in [-0.3, -0.25) is 4.90 Å². The quantitative estimate of drug-likeness (QED) is 0.675. The van der Waals surface area contributed by atoms with Crippen LogP contribution in [-0.4, -0.2) is 21.6 Å². The molecule has 5 heteroatoms. The molecule has 114 valence electrons. The normalized spacial score (nSPS) is 20.4. The molecule has 1 amide bonds. The first-order valence-electron chi connectivity index (χ1n) is 7.45. The van der Waals surface area contributed by atoms with Crippen LogP contribution in [0, 0.1) is 6.92 Å². The molecule has 0 aromatic carbocycles. The maximum absolute atomic E-state index is 12.5. The Kier molecular flexibility index (Phi) is 3.40. The largest absolute Gasteiger partial charge is 0.444 e. The summed E-state index contributed by atoms with van der Waals surface area (Å²) in [5.74, 6) is 0. The summed E-state index contributed by atoms with van der Waals surface area (Å²) in [7, 11) is 0. The van der Waals surface area contributed by atoms with E-state index >= 15 is 0 Å². The highest BCUT2D eigenvalue weighted by Gasteiger charge is 2.40. The van der Waals surface area contributed by atoms with E-state index in [0.717, 1.165) is 30.5 Å². The number of pyridine rings is 1. The number of halogens is 1. The second-order valence-electron chi connectivity index (χ2n) is 6.88. The highest BCUT2D eigenvalue weighted by molar-refractivity contribution is 6.30. The Hall–Kier alpha value is -1.29. The second kappa shape index (κ2) is 4.87. The van der Waals surface area contributed by atoms with Gasteiger partial charge in [0.25, 0.3) is 0 Å². The molecule has 0 N–H and O–H groups in total. The third-order valence-electron chi connectivity index (χ3n) is 4.19. The van der Waals surface area contributed by atoms with Crippen molar-refractivity contribution in [3.05, 3.63) is 27.5 Å². The third kappa shape index (κ3) is 2.50. The Morgan fingerprint density at radius 2 is 2.14 bits per heavy atom. The molecule has 2 aliphatic rings. The molecule has 0 saturated heterocycles. The average molecular weight is 309 g/mol. The summed E-state index contributed by atoms with van der Waals surface area (Å²) in [5, 5.41) is 0.565. The summed E-state index contributed by atoms with van der Waals surface area (Å²) in [6, 6.07) is 0.0991. The van der Waals surface area contributed by atoms with Crippen molar-refractivity contribution in [2.24, 2.45) is 0 Å². The molecule has 1 aromatic heterocycles. The number of aromatic nitrogens is 1. The topological polar surface area (TPSA) is 42.4 Å². The Bertz CT molecular complexity index is 607. The van der Waals surface area contributed by atoms with Crippen LogP contribution in [0.15, 0.2) is 0 Å². The number of rotatable bonds is 0. The lowest BCUT2D eigenvalue weighted by Crippen LogP contribution is -2.36. The zero-order valence-corrected chi connectivity index (χ0v) is 13.8. The fourth-order valence-corrected chi connectivity index (χ4v) is 3.48. The summed E-state index contributed by atoms with van der Waals surface area (Å²) >= 11 is 6.24. The van der Waals surface area contributed by atoms with Gasteiger partial charge in [0.15, 0.2) is 0 Å². The number of carbonyl (C=O) groups is 1. The van der Waals surface area contributed by atoms with Gasteiger partial charge in [-0.2, -0.15) is 0 Å². The van der Waals surface area contributed by atoms with Crippen molar-refractivity contribution >= 4 is 17.7 Å². The van der Waals surface area contributed by atoms with Gasteiger partial charge < -0.3 is 4.74 Å². The van der Waals surface area contributed by atoms with E-state index in [1.807, 2.05) is 32.6 Å². The zero-order valence-electron chi connectivity index (χ0n) is 13.0. The van der Waals surface area contributed by atoms with Gasteiger partial charge in [-0.25, -0.2) is 9.78 Å². The van der Waals surface area contributed by atoms with Crippen LogP contribution < -0.4 is 0 Å². The number of hydrogen-bond acceptors (Lipinski definition) is 3. The zero-order chi connectivity index (χ0) is 15.4. The van der Waals surface area contributed by atoms with Crippen LogP contribution in [0.5, 0.6) is 0 Å². The van der Waals surface area contributed by atoms with Gasteiger partial charge in [0, 0.05) is 11.3 Å². The molecule has 0 spiro atoms. The van der Waals surface area contributed by atoms with E-state index in [1.54, 1.807) is 0 Å². The summed E-state index contributed by atoms with van der Waals surface area (Å²) in [5.41, 5.74) is 3.96. The number of aryl methyl sites for hydroxylation is 1. The van der Waals surface area contributed by atoms with Crippen molar-refractivity contribution in [1.82, 2.24) is 9.88 Å². The lowest BCUT2D eigenvalue weighted by molar-refractivity contribution is 0.0158. The van der Waals surface area contributed by atoms with Gasteiger partial charge in [-0.1, -0.05) is 11.6 Å². The molecule has 0 unspecified atom stereocenters. The van der Waals surface area contributed by atoms with Crippen molar-refractivity contribution in [2.45, 2.75) is 65.1 Å². The summed E-state index contributed by atoms with van der Waals surface area (Å²) in [4.78, 5) is 18.8. The molecule has 3 rings (SSSR count). The molecule has 1 aliphatic heterocycles. The first-order valence-corrected chi connectivity index (χ1v) is 7.83. The molecular formula is C16H21ClN2O2. The van der Waals surface area contributed by atoms with Crippen LogP contribution in [0.4, 0.5) is 4.79 Å². The van der Waals surface area contributed by atoms with Crippen molar-refractivity contribution in [2.75, 3.05) is 0 Å². The number of ether oxygens (including phenoxy) is 1. The SMILES string of the molecule is Cc1c(Cl)nc2c3c1CN(C(=O)OC(C)(C)C)[C@@H]3CCC2. The molecule has 1 aromatic rings. The standard InChI is InChI=1S/C16H21ClN2O2/c1-9-10-8-19(15(20)21-16(2,3)4)12-7-5-6-11(13(10)12)18-14(9)17/h12H,5-8H2,1-4H3/t12-/m1/s1. The van der Waals surface area contributed by atoms with Crippen molar-refractivity contribution in [3.63, 3.8) is 0 Å². The smallest absolute Gasteiger partial charge is 0.411 e. The number of hydrogen-bond donors (Lipinski definition) is 0. The van der Waals surface area contributed by atoms with Crippen molar-refractivity contribution < 1.29 is 9.53 Å². The Morgan fingerprint density at radius 3 is 2.81 bits per heavy atom. The van der Waals surface area contributed by atoms with E-state index in [2.05, 4.69) is 4.98 Å². The van der Waals surface area contributed by atoms with Crippen molar-refractivity contribution in [3.8, 4) is 0 Å². The van der Waals surface area contributed by atoms with E-state index in [9.17, 15) is 4.79 Å². The highest BCUT2D eigenvalue weighted by atomic mass is 35.5. The fourth-order valence-electron chi connectivity index (χ4n) is 3.26. The first-order chi connectivity index (χ1) is 9.78. The lowest BCUT2D eigenvalue weighted by Gasteiger charge is -2.30. The minimum atomic E-state index is -0.478. The van der Waals surface area contributed by atoms with Gasteiger partial charge in [0.2, 0.25) is 0 Å². The van der Waals surface area contributed by atoms with Gasteiger partial charge in [0.1, 0.15) is 10.8 Å². The molecule has 0 radical (unpaired) electrons. The average Bonchev–Trinajstić information content (AvgIpc) is 2.75. The van der Waals surface area contributed by atoms with E-state index in [0.29, 0.717) is 11.7 Å². The molecule has 0 saturated carbocycles. The van der Waals surface area contributed by atoms with E-state index in [1.165, 1.54) is 11.1 Å². The Morgan fingerprint density at radius 1 is 1.43 bits per heavy atom. The molecule has 0 bridgehead atoms. The second-order valence-corrected chi connectivity index (χ2v) is 7.24. The fraction of sp³-hybridized carbons (Fsp3) is 0.625. The minimum absolute atomic E-state index is 0.0991. The molecule has 1 atom stereocenters. The molecular weight excluding hydrogens is 288 g/mol. The molecule has 2 heterocycles. The van der Waals surface area contributed by atoms with Gasteiger partial charge >= 0.3 is 6.09 Å². The predicted molar refractivity (Wildman–Crippen MR) is 81.4 cm³/mol. The highest BCUT2D eigenvalue weighted by Crippen LogP contribution is 2.45. The van der Waals surface area contributed by atoms with E-state index < -0.39 is 5.60 Å². The summed E-state index contributed by atoms with van der Waals surface area (Å²) in [6.07, 6.45) is 2.71. The van der Waals surface area contributed by atoms with Gasteiger partial charge in [-0.15, -0.1) is 0 Å². The van der Waals surface area contributed by atoms with Crippen LogP contribution >= 0.6 is 11.6 Å². The molecule has 0 fully saturated rings. The Labute approximate surface area is 130 Å².